The van der Waals surface area contributed by atoms with E-state index >= 15 is 0 Å². The quantitative estimate of drug-likeness (QED) is 0.709. The summed E-state index contributed by atoms with van der Waals surface area (Å²) in [6.45, 7) is 0. The summed E-state index contributed by atoms with van der Waals surface area (Å²) in [5, 5.41) is 1.57. The van der Waals surface area contributed by atoms with Crippen molar-refractivity contribution in [1.82, 2.24) is 0 Å². The molecule has 4 N–H and O–H groups in total. The zero-order chi connectivity index (χ0) is 17.1. The highest BCUT2D eigenvalue weighted by Gasteiger charge is 2.23. The van der Waals surface area contributed by atoms with E-state index in [1.165, 1.54) is 0 Å². The van der Waals surface area contributed by atoms with E-state index in [1.54, 1.807) is 12.1 Å². The van der Waals surface area contributed by atoms with Crippen molar-refractivity contribution in [3.05, 3.63) is 83.4 Å². The molecule has 0 aromatic heterocycles. The number of carbonyl (C=O) groups excluding carboxylic acids is 2. The Bertz CT molecular complexity index is 904. The van der Waals surface area contributed by atoms with Crippen LogP contribution in [0, 0.1) is 0 Å². The van der Waals surface area contributed by atoms with Crippen molar-refractivity contribution >= 4 is 22.5 Å². The normalized spacial score (nSPS) is 12.0. The number of hydrogen-bond acceptors (Lipinski definition) is 3. The highest BCUT2D eigenvalue weighted by Crippen LogP contribution is 2.24. The van der Waals surface area contributed by atoms with Crippen LogP contribution in [0.5, 0.6) is 0 Å². The Morgan fingerprint density at radius 2 is 1.54 bits per heavy atom. The van der Waals surface area contributed by atoms with Gasteiger partial charge in [-0.25, -0.2) is 0 Å². The fourth-order valence-electron chi connectivity index (χ4n) is 2.89. The fraction of sp³-hybridized carbons (Fsp3) is 0.100. The molecular weight excluding hydrogens is 300 g/mol. The molecular formula is C20H18N2O2. The highest BCUT2D eigenvalue weighted by atomic mass is 16.1. The van der Waals surface area contributed by atoms with Gasteiger partial charge in [0.1, 0.15) is 0 Å². The Morgan fingerprint density at radius 1 is 0.875 bits per heavy atom. The van der Waals surface area contributed by atoms with Crippen LogP contribution in [0.15, 0.2) is 66.7 Å². The van der Waals surface area contributed by atoms with Crippen LogP contribution in [-0.4, -0.2) is 17.7 Å². The number of amides is 1. The number of rotatable bonds is 5. The summed E-state index contributed by atoms with van der Waals surface area (Å²) in [6, 6.07) is 19.6. The monoisotopic (exact) mass is 318 g/mol. The molecule has 0 unspecified atom stereocenters. The lowest BCUT2D eigenvalue weighted by Crippen LogP contribution is -2.34. The SMILES string of the molecule is NC(=O)c1ccc2ccccc2c1C(=O)[C@@H](N)Cc1ccccc1. The summed E-state index contributed by atoms with van der Waals surface area (Å²) in [5.74, 6) is -0.902. The number of nitrogens with two attached hydrogens (primary N) is 2. The number of carbonyl (C=O) groups is 2. The molecule has 3 aromatic rings. The van der Waals surface area contributed by atoms with Crippen molar-refractivity contribution in [3.63, 3.8) is 0 Å². The molecule has 0 saturated carbocycles. The summed E-state index contributed by atoms with van der Waals surface area (Å²) in [5.41, 5.74) is 13.1. The molecule has 1 amide bonds. The molecule has 0 aliphatic rings. The van der Waals surface area contributed by atoms with Crippen LogP contribution in [0.4, 0.5) is 0 Å². The summed E-state index contributed by atoms with van der Waals surface area (Å²) in [6.07, 6.45) is 0.404. The summed E-state index contributed by atoms with van der Waals surface area (Å²) in [4.78, 5) is 24.7. The molecule has 24 heavy (non-hydrogen) atoms. The van der Waals surface area contributed by atoms with Crippen LogP contribution in [0.25, 0.3) is 10.8 Å². The first-order valence-corrected chi connectivity index (χ1v) is 7.73. The number of fused-ring (bicyclic) bond motifs is 1. The van der Waals surface area contributed by atoms with E-state index in [-0.39, 0.29) is 11.3 Å². The predicted molar refractivity (Wildman–Crippen MR) is 94.9 cm³/mol. The number of ketones is 1. The van der Waals surface area contributed by atoms with Crippen LogP contribution in [0.1, 0.15) is 26.3 Å². The van der Waals surface area contributed by atoms with Crippen molar-refractivity contribution in [2.24, 2.45) is 11.5 Å². The van der Waals surface area contributed by atoms with E-state index in [0.29, 0.717) is 17.4 Å². The zero-order valence-corrected chi connectivity index (χ0v) is 13.1. The maximum absolute atomic E-state index is 13.0. The first kappa shape index (κ1) is 15.9. The van der Waals surface area contributed by atoms with Gasteiger partial charge in [0.25, 0.3) is 0 Å². The molecule has 1 atom stereocenters. The second-order valence-corrected chi connectivity index (χ2v) is 5.73. The fourth-order valence-corrected chi connectivity index (χ4v) is 2.89. The lowest BCUT2D eigenvalue weighted by atomic mass is 9.90. The number of benzene rings is 3. The van der Waals surface area contributed by atoms with Crippen LogP contribution in [-0.2, 0) is 6.42 Å². The Kier molecular flexibility index (Phi) is 4.40. The summed E-state index contributed by atoms with van der Waals surface area (Å²) in [7, 11) is 0. The molecule has 0 radical (unpaired) electrons. The van der Waals surface area contributed by atoms with Gasteiger partial charge in [0, 0.05) is 5.56 Å². The third kappa shape index (κ3) is 3.05. The van der Waals surface area contributed by atoms with Crippen molar-refractivity contribution in [2.75, 3.05) is 0 Å². The minimum absolute atomic E-state index is 0.210. The van der Waals surface area contributed by atoms with Crippen LogP contribution < -0.4 is 11.5 Å². The van der Waals surface area contributed by atoms with Gasteiger partial charge in [-0.05, 0) is 28.8 Å². The molecule has 0 heterocycles. The van der Waals surface area contributed by atoms with Gasteiger partial charge in [0.2, 0.25) is 5.91 Å². The minimum Gasteiger partial charge on any atom is -0.366 e. The number of hydrogen-bond donors (Lipinski definition) is 2. The molecule has 0 aliphatic heterocycles. The Hall–Kier alpha value is -2.98. The molecule has 0 spiro atoms. The smallest absolute Gasteiger partial charge is 0.249 e. The van der Waals surface area contributed by atoms with Crippen molar-refractivity contribution < 1.29 is 9.59 Å². The van der Waals surface area contributed by atoms with Gasteiger partial charge < -0.3 is 11.5 Å². The molecule has 0 fully saturated rings. The van der Waals surface area contributed by atoms with E-state index < -0.39 is 11.9 Å². The van der Waals surface area contributed by atoms with Crippen LogP contribution in [0.2, 0.25) is 0 Å². The first-order chi connectivity index (χ1) is 11.6. The Balaban J connectivity index is 2.05. The predicted octanol–water partition coefficient (Wildman–Crippen LogP) is 2.69. The van der Waals surface area contributed by atoms with Gasteiger partial charge in [-0.3, -0.25) is 9.59 Å². The van der Waals surface area contributed by atoms with E-state index in [4.69, 9.17) is 11.5 Å². The average molecular weight is 318 g/mol. The molecule has 4 nitrogen and oxygen atoms in total. The molecule has 0 bridgehead atoms. The average Bonchev–Trinajstić information content (AvgIpc) is 2.60. The lowest BCUT2D eigenvalue weighted by molar-refractivity contribution is 0.0944. The topological polar surface area (TPSA) is 86.2 Å². The van der Waals surface area contributed by atoms with E-state index in [1.807, 2.05) is 54.6 Å². The summed E-state index contributed by atoms with van der Waals surface area (Å²) >= 11 is 0. The molecule has 4 heteroatoms. The first-order valence-electron chi connectivity index (χ1n) is 7.73. The van der Waals surface area contributed by atoms with Crippen LogP contribution in [0.3, 0.4) is 0 Å². The van der Waals surface area contributed by atoms with Gasteiger partial charge in [0.15, 0.2) is 5.78 Å². The van der Waals surface area contributed by atoms with Crippen molar-refractivity contribution in [2.45, 2.75) is 12.5 Å². The van der Waals surface area contributed by atoms with Gasteiger partial charge in [-0.1, -0.05) is 60.7 Å². The number of Topliss-reactive ketones (excluding diaryl/α,β-unsaturated/α-hetero) is 1. The van der Waals surface area contributed by atoms with Crippen LogP contribution >= 0.6 is 0 Å². The van der Waals surface area contributed by atoms with Gasteiger partial charge >= 0.3 is 0 Å². The zero-order valence-electron chi connectivity index (χ0n) is 13.1. The second-order valence-electron chi connectivity index (χ2n) is 5.73. The van der Waals surface area contributed by atoms with Crippen molar-refractivity contribution in [3.8, 4) is 0 Å². The molecule has 120 valence electrons. The standard InChI is InChI=1S/C20H18N2O2/c21-17(12-13-6-2-1-3-7-13)19(23)18-15-9-5-4-8-14(15)10-11-16(18)20(22)24/h1-11,17H,12,21H2,(H2,22,24)/t17-/m0/s1. The van der Waals surface area contributed by atoms with E-state index in [2.05, 4.69) is 0 Å². The van der Waals surface area contributed by atoms with E-state index in [9.17, 15) is 9.59 Å². The maximum Gasteiger partial charge on any atom is 0.249 e. The summed E-state index contributed by atoms with van der Waals surface area (Å²) < 4.78 is 0. The second kappa shape index (κ2) is 6.64. The Labute approximate surface area is 140 Å². The van der Waals surface area contributed by atoms with E-state index in [0.717, 1.165) is 10.9 Å². The lowest BCUT2D eigenvalue weighted by Gasteiger charge is -2.15. The number of primary amides is 1. The third-order valence-corrected chi connectivity index (χ3v) is 4.08. The largest absolute Gasteiger partial charge is 0.366 e. The minimum atomic E-state index is -0.740. The Morgan fingerprint density at radius 3 is 2.25 bits per heavy atom. The van der Waals surface area contributed by atoms with Gasteiger partial charge in [-0.15, -0.1) is 0 Å². The highest BCUT2D eigenvalue weighted by molar-refractivity contribution is 6.17. The van der Waals surface area contributed by atoms with Gasteiger partial charge in [-0.2, -0.15) is 0 Å². The maximum atomic E-state index is 13.0. The van der Waals surface area contributed by atoms with Gasteiger partial charge in [0.05, 0.1) is 11.6 Å². The molecule has 0 aliphatic carbocycles. The third-order valence-electron chi connectivity index (χ3n) is 4.08. The molecule has 0 saturated heterocycles. The molecule has 3 rings (SSSR count). The van der Waals surface area contributed by atoms with Crippen molar-refractivity contribution in [1.29, 1.82) is 0 Å². The molecule has 3 aromatic carbocycles.